The summed E-state index contributed by atoms with van der Waals surface area (Å²) >= 11 is 11.5. The number of nitrogen functional groups attached to an aromatic ring is 2. The molecule has 0 aliphatic rings. The van der Waals surface area contributed by atoms with Crippen molar-refractivity contribution in [3.63, 3.8) is 0 Å². The molecule has 4 N–H and O–H groups in total. The van der Waals surface area contributed by atoms with Gasteiger partial charge in [0, 0.05) is 20.1 Å². The molecular weight excluding hydrogens is 528 g/mol. The highest BCUT2D eigenvalue weighted by Crippen LogP contribution is 2.47. The molecule has 136 valence electrons. The Kier molecular flexibility index (Phi) is 5.56. The van der Waals surface area contributed by atoms with Crippen molar-refractivity contribution in [3.05, 3.63) is 57.5 Å². The smallest absolute Gasteiger partial charge is 0.181 e. The van der Waals surface area contributed by atoms with Gasteiger partial charge >= 0.3 is 0 Å². The summed E-state index contributed by atoms with van der Waals surface area (Å²) in [7, 11) is 0. The van der Waals surface area contributed by atoms with Crippen LogP contribution >= 0.6 is 66.3 Å². The fourth-order valence-corrected chi connectivity index (χ4v) is 6.34. The molecule has 0 aliphatic carbocycles. The quantitative estimate of drug-likeness (QED) is 0.299. The lowest BCUT2D eigenvalue weighted by Crippen LogP contribution is -1.84. The van der Waals surface area contributed by atoms with E-state index in [0.717, 1.165) is 39.9 Å². The van der Waals surface area contributed by atoms with Crippen molar-refractivity contribution in [3.8, 4) is 22.5 Å². The van der Waals surface area contributed by atoms with E-state index in [1.807, 2.05) is 48.5 Å². The third-order valence-corrected chi connectivity index (χ3v) is 7.82. The van der Waals surface area contributed by atoms with Gasteiger partial charge in [-0.1, -0.05) is 90.6 Å². The molecule has 4 aromatic rings. The first kappa shape index (κ1) is 18.9. The molecule has 0 aliphatic heterocycles. The number of anilines is 2. The summed E-state index contributed by atoms with van der Waals surface area (Å²) in [6, 6.07) is 16.1. The van der Waals surface area contributed by atoms with Crippen LogP contribution < -0.4 is 11.5 Å². The maximum Gasteiger partial charge on any atom is 0.181 e. The number of halogens is 2. The van der Waals surface area contributed by atoms with E-state index < -0.39 is 0 Å². The fraction of sp³-hybridized carbons (Fsp3) is 0. The summed E-state index contributed by atoms with van der Waals surface area (Å²) in [5.74, 6) is 0. The minimum Gasteiger partial charge on any atom is -0.375 e. The normalized spacial score (nSPS) is 11.0. The van der Waals surface area contributed by atoms with Gasteiger partial charge in [0.05, 0.1) is 19.8 Å². The van der Waals surface area contributed by atoms with Gasteiger partial charge in [0.1, 0.15) is 0 Å². The molecule has 9 heteroatoms. The molecule has 0 saturated heterocycles. The van der Waals surface area contributed by atoms with Gasteiger partial charge in [-0.05, 0) is 24.3 Å². The van der Waals surface area contributed by atoms with Gasteiger partial charge in [-0.15, -0.1) is 0 Å². The van der Waals surface area contributed by atoms with E-state index in [9.17, 15) is 0 Å². The highest BCUT2D eigenvalue weighted by molar-refractivity contribution is 9.10. The van der Waals surface area contributed by atoms with Crippen LogP contribution in [0.25, 0.3) is 22.5 Å². The Morgan fingerprint density at radius 1 is 0.667 bits per heavy atom. The molecule has 2 aromatic heterocycles. The van der Waals surface area contributed by atoms with Gasteiger partial charge in [0.2, 0.25) is 0 Å². The van der Waals surface area contributed by atoms with Gasteiger partial charge in [-0.25, -0.2) is 9.97 Å². The average molecular weight is 540 g/mol. The number of nitrogens with zero attached hydrogens (tertiary/aromatic N) is 2. The summed E-state index contributed by atoms with van der Waals surface area (Å²) in [6.45, 7) is 0. The molecule has 0 atom stereocenters. The van der Waals surface area contributed by atoms with Crippen LogP contribution in [-0.2, 0) is 0 Å². The van der Waals surface area contributed by atoms with Crippen molar-refractivity contribution in [1.29, 1.82) is 0 Å². The highest BCUT2D eigenvalue weighted by Gasteiger charge is 2.19. The number of hydrogen-bond acceptors (Lipinski definition) is 7. The molecule has 27 heavy (non-hydrogen) atoms. The maximum atomic E-state index is 6.01. The lowest BCUT2D eigenvalue weighted by Gasteiger charge is -2.04. The first-order valence-corrected chi connectivity index (χ1v) is 11.8. The van der Waals surface area contributed by atoms with Crippen molar-refractivity contribution in [2.24, 2.45) is 0 Å². The van der Waals surface area contributed by atoms with E-state index in [1.54, 1.807) is 11.8 Å². The molecule has 2 heterocycles. The third-order valence-electron chi connectivity index (χ3n) is 3.65. The second-order valence-corrected chi connectivity index (χ2v) is 10.9. The number of hydrogen-bond donors (Lipinski definition) is 2. The zero-order chi connectivity index (χ0) is 19.0. The summed E-state index contributed by atoms with van der Waals surface area (Å²) < 4.78 is 4.10. The largest absolute Gasteiger partial charge is 0.375 e. The number of aromatic nitrogens is 2. The molecule has 0 amide bonds. The predicted octanol–water partition coefficient (Wildman–Crippen LogP) is 6.77. The van der Waals surface area contributed by atoms with Gasteiger partial charge in [-0.2, -0.15) is 0 Å². The number of rotatable bonds is 4. The Morgan fingerprint density at radius 2 is 1.04 bits per heavy atom. The van der Waals surface area contributed by atoms with Crippen LogP contribution in [-0.4, -0.2) is 9.97 Å². The van der Waals surface area contributed by atoms with Crippen molar-refractivity contribution in [2.45, 2.75) is 8.42 Å². The van der Waals surface area contributed by atoms with E-state index >= 15 is 0 Å². The van der Waals surface area contributed by atoms with E-state index in [1.165, 1.54) is 22.7 Å². The van der Waals surface area contributed by atoms with Gasteiger partial charge in [0.25, 0.3) is 0 Å². The highest BCUT2D eigenvalue weighted by atomic mass is 79.9. The second kappa shape index (κ2) is 7.92. The van der Waals surface area contributed by atoms with Crippen LogP contribution in [0.2, 0.25) is 0 Å². The minimum atomic E-state index is 0.540. The van der Waals surface area contributed by atoms with E-state index in [2.05, 4.69) is 41.8 Å². The van der Waals surface area contributed by atoms with Crippen LogP contribution in [0.3, 0.4) is 0 Å². The summed E-state index contributed by atoms with van der Waals surface area (Å²) in [5.41, 5.74) is 15.8. The summed E-state index contributed by atoms with van der Waals surface area (Å²) in [6.07, 6.45) is 0. The minimum absolute atomic E-state index is 0.540. The topological polar surface area (TPSA) is 77.8 Å². The molecule has 4 nitrogen and oxygen atoms in total. The zero-order valence-electron chi connectivity index (χ0n) is 13.6. The van der Waals surface area contributed by atoms with Crippen molar-refractivity contribution < 1.29 is 0 Å². The monoisotopic (exact) mass is 538 g/mol. The number of thiazole rings is 2. The molecule has 2 aromatic carbocycles. The molecule has 0 radical (unpaired) electrons. The number of benzene rings is 2. The Balaban J connectivity index is 1.73. The van der Waals surface area contributed by atoms with Crippen LogP contribution in [0.15, 0.2) is 65.9 Å². The lowest BCUT2D eigenvalue weighted by atomic mass is 10.2. The zero-order valence-corrected chi connectivity index (χ0v) is 19.3. The van der Waals surface area contributed by atoms with E-state index in [0.29, 0.717) is 10.3 Å². The Labute approximate surface area is 185 Å². The van der Waals surface area contributed by atoms with Crippen LogP contribution in [0, 0.1) is 0 Å². The van der Waals surface area contributed by atoms with Gasteiger partial charge in [0.15, 0.2) is 10.3 Å². The standard InChI is InChI=1S/C18H12Br2N4S3/c19-11-5-1-9(2-6-11)13-15(26-17(21)23-13)25-16-14(24-18(22)27-16)10-3-7-12(20)8-4-10/h1-8H,(H2,21,23)(H2,22,24). The van der Waals surface area contributed by atoms with E-state index in [4.69, 9.17) is 11.5 Å². The van der Waals surface area contributed by atoms with Crippen LogP contribution in [0.4, 0.5) is 10.3 Å². The Hall–Kier alpha value is -1.39. The fourth-order valence-electron chi connectivity index (χ4n) is 2.45. The third kappa shape index (κ3) is 4.22. The van der Waals surface area contributed by atoms with Crippen molar-refractivity contribution in [2.75, 3.05) is 11.5 Å². The van der Waals surface area contributed by atoms with Crippen molar-refractivity contribution in [1.82, 2.24) is 9.97 Å². The number of nitrogens with two attached hydrogens (primary N) is 2. The molecular formula is C18H12Br2N4S3. The van der Waals surface area contributed by atoms with Gasteiger partial charge < -0.3 is 11.5 Å². The van der Waals surface area contributed by atoms with Crippen LogP contribution in [0.1, 0.15) is 0 Å². The summed E-state index contributed by atoms with van der Waals surface area (Å²) in [5, 5.41) is 1.08. The summed E-state index contributed by atoms with van der Waals surface area (Å²) in [4.78, 5) is 9.07. The SMILES string of the molecule is Nc1nc(-c2ccc(Br)cc2)c(Sc2sc(N)nc2-c2ccc(Br)cc2)s1. The maximum absolute atomic E-state index is 6.01. The first-order valence-electron chi connectivity index (χ1n) is 7.72. The first-order chi connectivity index (χ1) is 13.0. The van der Waals surface area contributed by atoms with E-state index in [-0.39, 0.29) is 0 Å². The molecule has 0 saturated carbocycles. The lowest BCUT2D eigenvalue weighted by molar-refractivity contribution is 1.35. The molecule has 0 fully saturated rings. The Bertz CT molecular complexity index is 1000. The van der Waals surface area contributed by atoms with Crippen molar-refractivity contribution >= 4 is 76.6 Å². The molecule has 4 rings (SSSR count). The Morgan fingerprint density at radius 3 is 1.41 bits per heavy atom. The molecule has 0 spiro atoms. The van der Waals surface area contributed by atoms with Crippen LogP contribution in [0.5, 0.6) is 0 Å². The second-order valence-electron chi connectivity index (χ2n) is 5.49. The predicted molar refractivity (Wildman–Crippen MR) is 123 cm³/mol. The van der Waals surface area contributed by atoms with Gasteiger partial charge in [-0.3, -0.25) is 0 Å². The average Bonchev–Trinajstić information content (AvgIpc) is 3.19. The molecule has 0 unspecified atom stereocenters. The molecule has 0 bridgehead atoms.